The SMILES string of the molecule is C=C(C)SC(N)=NC(=O)c1nn(CC2CCOCC2)c2ccccc12. The third kappa shape index (κ3) is 4.29. The van der Waals surface area contributed by atoms with Gasteiger partial charge in [-0.3, -0.25) is 9.48 Å². The van der Waals surface area contributed by atoms with Gasteiger partial charge in [-0.25, -0.2) is 0 Å². The number of aromatic nitrogens is 2. The van der Waals surface area contributed by atoms with Crippen LogP contribution in [0.5, 0.6) is 0 Å². The van der Waals surface area contributed by atoms with Crippen LogP contribution in [-0.2, 0) is 11.3 Å². The first-order chi connectivity index (χ1) is 12.0. The number of thioether (sulfide) groups is 1. The van der Waals surface area contributed by atoms with Gasteiger partial charge in [0.1, 0.15) is 0 Å². The second kappa shape index (κ2) is 7.84. The van der Waals surface area contributed by atoms with E-state index >= 15 is 0 Å². The molecule has 1 amide bonds. The molecule has 1 aromatic heterocycles. The monoisotopic (exact) mass is 358 g/mol. The van der Waals surface area contributed by atoms with Crippen molar-refractivity contribution < 1.29 is 9.53 Å². The Morgan fingerprint density at radius 1 is 1.44 bits per heavy atom. The third-order valence-electron chi connectivity index (χ3n) is 4.12. The lowest BCUT2D eigenvalue weighted by atomic mass is 10.0. The normalized spacial score (nSPS) is 16.3. The first kappa shape index (κ1) is 17.7. The summed E-state index contributed by atoms with van der Waals surface area (Å²) in [6.07, 6.45) is 2.02. The van der Waals surface area contributed by atoms with Crippen LogP contribution in [0, 0.1) is 5.92 Å². The zero-order chi connectivity index (χ0) is 17.8. The van der Waals surface area contributed by atoms with Crippen LogP contribution in [0.1, 0.15) is 30.3 Å². The Hall–Kier alpha value is -2.12. The Balaban J connectivity index is 1.90. The molecule has 0 radical (unpaired) electrons. The van der Waals surface area contributed by atoms with Gasteiger partial charge in [0.05, 0.1) is 5.52 Å². The van der Waals surface area contributed by atoms with Gasteiger partial charge in [-0.15, -0.1) is 0 Å². The van der Waals surface area contributed by atoms with E-state index in [0.29, 0.717) is 11.6 Å². The molecule has 1 aliphatic heterocycles. The Kier molecular flexibility index (Phi) is 5.55. The molecule has 25 heavy (non-hydrogen) atoms. The first-order valence-electron chi connectivity index (χ1n) is 8.29. The van der Waals surface area contributed by atoms with E-state index in [4.69, 9.17) is 10.5 Å². The molecule has 132 valence electrons. The zero-order valence-electron chi connectivity index (χ0n) is 14.3. The summed E-state index contributed by atoms with van der Waals surface area (Å²) < 4.78 is 7.33. The number of benzene rings is 1. The number of nitrogens with two attached hydrogens (primary N) is 1. The van der Waals surface area contributed by atoms with Crippen LogP contribution < -0.4 is 5.73 Å². The minimum absolute atomic E-state index is 0.181. The number of ether oxygens (including phenoxy) is 1. The standard InChI is InChI=1S/C18H22N4O2S/c1-12(2)25-18(19)20-17(23)16-14-5-3-4-6-15(14)22(21-16)11-13-7-9-24-10-8-13/h3-6,13H,1,7-11H2,2H3,(H2,19,20,23). The molecule has 2 N–H and O–H groups in total. The summed E-state index contributed by atoms with van der Waals surface area (Å²) in [6.45, 7) is 7.92. The van der Waals surface area contributed by atoms with E-state index in [-0.39, 0.29) is 5.17 Å². The molecular weight excluding hydrogens is 336 g/mol. The minimum Gasteiger partial charge on any atom is -0.381 e. The van der Waals surface area contributed by atoms with Crippen molar-refractivity contribution >= 4 is 33.7 Å². The fourth-order valence-corrected chi connectivity index (χ4v) is 3.44. The van der Waals surface area contributed by atoms with Gasteiger partial charge in [-0.05, 0) is 36.7 Å². The summed E-state index contributed by atoms with van der Waals surface area (Å²) in [5.74, 6) is 0.0840. The van der Waals surface area contributed by atoms with Crippen LogP contribution >= 0.6 is 11.8 Å². The van der Waals surface area contributed by atoms with Crippen molar-refractivity contribution in [3.05, 3.63) is 41.4 Å². The molecule has 1 aliphatic rings. The van der Waals surface area contributed by atoms with Crippen LogP contribution in [0.25, 0.3) is 10.9 Å². The molecule has 1 saturated heterocycles. The highest BCUT2D eigenvalue weighted by atomic mass is 32.2. The molecule has 0 spiro atoms. The number of aliphatic imine (C=N–C) groups is 1. The summed E-state index contributed by atoms with van der Waals surface area (Å²) in [4.78, 5) is 17.3. The van der Waals surface area contributed by atoms with Crippen molar-refractivity contribution in [2.24, 2.45) is 16.6 Å². The van der Waals surface area contributed by atoms with Crippen LogP contribution in [0.2, 0.25) is 0 Å². The lowest BCUT2D eigenvalue weighted by Gasteiger charge is -2.22. The van der Waals surface area contributed by atoms with Crippen molar-refractivity contribution in [3.63, 3.8) is 0 Å². The molecular formula is C18H22N4O2S. The van der Waals surface area contributed by atoms with Crippen LogP contribution in [0.15, 0.2) is 40.7 Å². The Labute approximate surface area is 151 Å². The molecule has 1 fully saturated rings. The van der Waals surface area contributed by atoms with Gasteiger partial charge < -0.3 is 10.5 Å². The highest BCUT2D eigenvalue weighted by Gasteiger charge is 2.20. The maximum atomic E-state index is 12.5. The molecule has 0 aliphatic carbocycles. The highest BCUT2D eigenvalue weighted by Crippen LogP contribution is 2.23. The number of amides is 1. The topological polar surface area (TPSA) is 82.5 Å². The van der Waals surface area contributed by atoms with Crippen LogP contribution in [0.4, 0.5) is 0 Å². The lowest BCUT2D eigenvalue weighted by Crippen LogP contribution is -2.21. The number of fused-ring (bicyclic) bond motifs is 1. The second-order valence-electron chi connectivity index (χ2n) is 6.16. The van der Waals surface area contributed by atoms with E-state index in [1.165, 1.54) is 11.8 Å². The third-order valence-corrected chi connectivity index (χ3v) is 4.77. The summed E-state index contributed by atoms with van der Waals surface area (Å²) in [7, 11) is 0. The largest absolute Gasteiger partial charge is 0.381 e. The number of hydrogen-bond donors (Lipinski definition) is 1. The van der Waals surface area contributed by atoms with Crippen LogP contribution in [0.3, 0.4) is 0 Å². The number of hydrogen-bond acceptors (Lipinski definition) is 4. The van der Waals surface area contributed by atoms with Crippen molar-refractivity contribution in [2.45, 2.75) is 26.3 Å². The van der Waals surface area contributed by atoms with Gasteiger partial charge in [0.25, 0.3) is 0 Å². The van der Waals surface area contributed by atoms with E-state index in [9.17, 15) is 4.79 Å². The molecule has 0 atom stereocenters. The molecule has 0 saturated carbocycles. The molecule has 6 nitrogen and oxygen atoms in total. The average molecular weight is 358 g/mol. The fraction of sp³-hybridized carbons (Fsp3) is 0.389. The molecule has 0 bridgehead atoms. The maximum Gasteiger partial charge on any atom is 0.300 e. The molecule has 1 aromatic carbocycles. The summed E-state index contributed by atoms with van der Waals surface area (Å²) in [5.41, 5.74) is 7.08. The number of carbonyl (C=O) groups is 1. The van der Waals surface area contributed by atoms with Crippen molar-refractivity contribution in [1.82, 2.24) is 9.78 Å². The van der Waals surface area contributed by atoms with Gasteiger partial charge in [-0.2, -0.15) is 10.1 Å². The van der Waals surface area contributed by atoms with Gasteiger partial charge >= 0.3 is 5.91 Å². The number of allylic oxidation sites excluding steroid dienone is 1. The minimum atomic E-state index is -0.423. The number of para-hydroxylation sites is 1. The van der Waals surface area contributed by atoms with E-state index in [0.717, 1.165) is 48.4 Å². The van der Waals surface area contributed by atoms with E-state index < -0.39 is 5.91 Å². The predicted octanol–water partition coefficient (Wildman–Crippen LogP) is 3.18. The van der Waals surface area contributed by atoms with Gasteiger partial charge in [0, 0.05) is 25.1 Å². The van der Waals surface area contributed by atoms with E-state index in [1.54, 1.807) is 0 Å². The lowest BCUT2D eigenvalue weighted by molar-refractivity contribution is 0.0605. The summed E-state index contributed by atoms with van der Waals surface area (Å²) >= 11 is 1.18. The molecule has 0 unspecified atom stereocenters. The summed E-state index contributed by atoms with van der Waals surface area (Å²) in [6, 6.07) is 7.73. The Morgan fingerprint density at radius 3 is 2.88 bits per heavy atom. The number of amidine groups is 1. The van der Waals surface area contributed by atoms with Gasteiger partial charge in [0.2, 0.25) is 0 Å². The van der Waals surface area contributed by atoms with Gasteiger partial charge in [0.15, 0.2) is 10.9 Å². The van der Waals surface area contributed by atoms with E-state index in [1.807, 2.05) is 35.9 Å². The molecule has 3 rings (SSSR count). The second-order valence-corrected chi connectivity index (χ2v) is 7.48. The smallest absolute Gasteiger partial charge is 0.300 e. The number of nitrogens with zero attached hydrogens (tertiary/aromatic N) is 3. The molecule has 7 heteroatoms. The van der Waals surface area contributed by atoms with Gasteiger partial charge in [-0.1, -0.05) is 36.5 Å². The van der Waals surface area contributed by atoms with Crippen molar-refractivity contribution in [2.75, 3.05) is 13.2 Å². The van der Waals surface area contributed by atoms with Crippen molar-refractivity contribution in [1.29, 1.82) is 0 Å². The average Bonchev–Trinajstić information content (AvgIpc) is 2.94. The fourth-order valence-electron chi connectivity index (χ4n) is 2.95. The number of rotatable bonds is 4. The summed E-state index contributed by atoms with van der Waals surface area (Å²) in [5, 5.41) is 5.53. The highest BCUT2D eigenvalue weighted by molar-refractivity contribution is 8.17. The van der Waals surface area contributed by atoms with E-state index in [2.05, 4.69) is 16.7 Å². The molecule has 2 heterocycles. The first-order valence-corrected chi connectivity index (χ1v) is 9.11. The predicted molar refractivity (Wildman–Crippen MR) is 102 cm³/mol. The maximum absolute atomic E-state index is 12.5. The van der Waals surface area contributed by atoms with Crippen LogP contribution in [-0.4, -0.2) is 34.1 Å². The Bertz CT molecular complexity index is 822. The number of carbonyl (C=O) groups excluding carboxylic acids is 1. The zero-order valence-corrected chi connectivity index (χ0v) is 15.1. The molecule has 2 aromatic rings. The quantitative estimate of drug-likeness (QED) is 0.670. The van der Waals surface area contributed by atoms with Crippen molar-refractivity contribution in [3.8, 4) is 0 Å². The Morgan fingerprint density at radius 2 is 2.16 bits per heavy atom.